The van der Waals surface area contributed by atoms with E-state index in [0.717, 1.165) is 0 Å². The molecule has 0 aliphatic carbocycles. The van der Waals surface area contributed by atoms with Crippen molar-refractivity contribution in [3.63, 3.8) is 0 Å². The minimum Gasteiger partial charge on any atom is -0.479 e. The first-order chi connectivity index (χ1) is 30.4. The number of hydrogen-bond donors (Lipinski definition) is 16. The molecule has 0 radical (unpaired) electrons. The number of aliphatic hydroxyl groups is 7. The van der Waals surface area contributed by atoms with Crippen molar-refractivity contribution in [2.24, 2.45) is 0 Å². The van der Waals surface area contributed by atoms with E-state index in [2.05, 4.69) is 17.3 Å². The van der Waals surface area contributed by atoms with Crippen molar-refractivity contribution in [1.82, 2.24) is 9.44 Å². The largest absolute Gasteiger partial charge is 0.479 e. The number of nitrogens with one attached hydrogen (secondary N) is 2. The van der Waals surface area contributed by atoms with Crippen LogP contribution in [0.2, 0.25) is 0 Å². The molecule has 38 nitrogen and oxygen atoms in total. The Hall–Kier alpha value is -2.27. The first-order valence-corrected chi connectivity index (χ1v) is 24.5. The van der Waals surface area contributed by atoms with Gasteiger partial charge in [0.15, 0.2) is 49.6 Å². The third-order valence-corrected chi connectivity index (χ3v) is 11.9. The molecule has 0 saturated carbocycles. The van der Waals surface area contributed by atoms with Gasteiger partial charge in [-0.2, -0.15) is 51.5 Å². The summed E-state index contributed by atoms with van der Waals surface area (Å²) in [5.41, 5.74) is 0. The third kappa shape index (κ3) is 15.4. The molecule has 4 fully saturated rings. The fourth-order valence-electron chi connectivity index (χ4n) is 6.71. The van der Waals surface area contributed by atoms with Gasteiger partial charge in [0.1, 0.15) is 73.1 Å². The van der Waals surface area contributed by atoms with Crippen LogP contribution in [-0.2, 0) is 107 Å². The van der Waals surface area contributed by atoms with Crippen LogP contribution in [0.25, 0.3) is 0 Å². The Bertz CT molecular complexity index is 2320. The van der Waals surface area contributed by atoms with Crippen molar-refractivity contribution in [2.45, 2.75) is 123 Å². The zero-order valence-corrected chi connectivity index (χ0v) is 36.3. The van der Waals surface area contributed by atoms with E-state index in [0.29, 0.717) is 0 Å². The Morgan fingerprint density at radius 1 is 0.478 bits per heavy atom. The molecule has 392 valence electrons. The second-order valence-electron chi connectivity index (χ2n) is 14.0. The van der Waals surface area contributed by atoms with Gasteiger partial charge in [-0.15, -0.1) is 0 Å². The van der Waals surface area contributed by atoms with Gasteiger partial charge >= 0.3 is 63.7 Å². The molecule has 4 heterocycles. The van der Waals surface area contributed by atoms with Crippen LogP contribution in [0.5, 0.6) is 0 Å². The zero-order valence-electron chi connectivity index (χ0n) is 32.2. The Labute approximate surface area is 374 Å². The van der Waals surface area contributed by atoms with Crippen LogP contribution in [0.4, 0.5) is 0 Å². The highest BCUT2D eigenvalue weighted by Crippen LogP contribution is 2.36. The molecule has 0 aromatic rings. The van der Waals surface area contributed by atoms with E-state index in [1.54, 1.807) is 0 Å². The van der Waals surface area contributed by atoms with E-state index >= 15 is 0 Å². The van der Waals surface area contributed by atoms with Crippen LogP contribution in [0.15, 0.2) is 0 Å². The molecular formula is C24H40N2O36S5. The molecule has 20 atom stereocenters. The number of aliphatic carboxylic acids is 2. The number of carboxylic acids is 2. The summed E-state index contributed by atoms with van der Waals surface area (Å²) >= 11 is 0. The van der Waals surface area contributed by atoms with Crippen molar-refractivity contribution in [3.8, 4) is 0 Å². The first-order valence-electron chi connectivity index (χ1n) is 17.6. The van der Waals surface area contributed by atoms with Gasteiger partial charge in [-0.3, -0.25) is 22.8 Å². The average Bonchev–Trinajstić information content (AvgIpc) is 3.15. The van der Waals surface area contributed by atoms with Crippen LogP contribution in [-0.4, -0.2) is 259 Å². The SMILES string of the molecule is O=C(O)C1OC(O)C(OS(=O)(=O)O)C(O)C1OC1OC(COS(=O)(=O)O)C(OC2OC(C(=O)O)C(OC3OC(CO)C(O)C(O)C3NS(=O)(=O)O)C(O)C2OS(=O)(=O)O)C(O)C1NS(=O)(=O)O. The number of rotatable bonds is 20. The number of hydrogen-bond acceptors (Lipinski definition) is 29. The van der Waals surface area contributed by atoms with Gasteiger partial charge in [0, 0.05) is 0 Å². The molecule has 67 heavy (non-hydrogen) atoms. The Balaban J connectivity index is 1.80. The van der Waals surface area contributed by atoms with E-state index in [1.807, 2.05) is 0 Å². The number of aliphatic hydroxyl groups excluding tert-OH is 7. The Morgan fingerprint density at radius 3 is 1.33 bits per heavy atom. The van der Waals surface area contributed by atoms with Gasteiger partial charge in [0.2, 0.25) is 0 Å². The van der Waals surface area contributed by atoms with Gasteiger partial charge in [-0.1, -0.05) is 0 Å². The smallest absolute Gasteiger partial charge is 0.397 e. The molecule has 43 heteroatoms. The lowest BCUT2D eigenvalue weighted by Crippen LogP contribution is -2.70. The van der Waals surface area contributed by atoms with Crippen molar-refractivity contribution in [3.05, 3.63) is 0 Å². The van der Waals surface area contributed by atoms with Crippen molar-refractivity contribution in [1.29, 1.82) is 0 Å². The second-order valence-corrected chi connectivity index (χ2v) is 19.6. The monoisotopic (exact) mass is 1090 g/mol. The van der Waals surface area contributed by atoms with Crippen molar-refractivity contribution < 1.29 is 166 Å². The summed E-state index contributed by atoms with van der Waals surface area (Å²) in [6.45, 7) is -2.94. The summed E-state index contributed by atoms with van der Waals surface area (Å²) in [6, 6.07) is -5.18. The maximum atomic E-state index is 12.6. The molecule has 0 spiro atoms. The second kappa shape index (κ2) is 21.6. The van der Waals surface area contributed by atoms with Gasteiger partial charge < -0.3 is 79.1 Å². The lowest BCUT2D eigenvalue weighted by atomic mass is 9.94. The van der Waals surface area contributed by atoms with E-state index in [4.69, 9.17) is 33.0 Å². The molecule has 0 bridgehead atoms. The number of ether oxygens (including phenoxy) is 7. The van der Waals surface area contributed by atoms with Crippen LogP contribution < -0.4 is 9.44 Å². The summed E-state index contributed by atoms with van der Waals surface area (Å²) in [5.74, 6) is -4.47. The van der Waals surface area contributed by atoms with Crippen LogP contribution in [0.1, 0.15) is 0 Å². The predicted molar refractivity (Wildman–Crippen MR) is 191 cm³/mol. The van der Waals surface area contributed by atoms with Crippen LogP contribution in [0.3, 0.4) is 0 Å². The van der Waals surface area contributed by atoms with Gasteiger partial charge in [-0.05, 0) is 0 Å². The molecule has 0 aromatic heterocycles. The minimum atomic E-state index is -5.97. The molecular weight excluding hydrogens is 1050 g/mol. The molecule has 4 saturated heterocycles. The minimum absolute atomic E-state index is 1.21. The van der Waals surface area contributed by atoms with Crippen LogP contribution >= 0.6 is 0 Å². The first kappa shape index (κ1) is 57.3. The highest BCUT2D eigenvalue weighted by Gasteiger charge is 2.59. The summed E-state index contributed by atoms with van der Waals surface area (Å²) in [5, 5.41) is 94.1. The highest BCUT2D eigenvalue weighted by molar-refractivity contribution is 7.84. The predicted octanol–water partition coefficient (Wildman–Crippen LogP) is -11.3. The van der Waals surface area contributed by atoms with Gasteiger partial charge in [0.05, 0.1) is 13.2 Å². The summed E-state index contributed by atoms with van der Waals surface area (Å²) in [4.78, 5) is 24.6. The summed E-state index contributed by atoms with van der Waals surface area (Å²) < 4.78 is 216. The summed E-state index contributed by atoms with van der Waals surface area (Å²) in [7, 11) is -28.4. The van der Waals surface area contributed by atoms with E-state index < -0.39 is 200 Å². The average molecular weight is 1090 g/mol. The Kier molecular flexibility index (Phi) is 18.5. The summed E-state index contributed by atoms with van der Waals surface area (Å²) in [6.07, 6.45) is -48.5. The molecule has 4 rings (SSSR count). The molecule has 0 amide bonds. The normalized spacial score (nSPS) is 40.5. The quantitative estimate of drug-likeness (QED) is 0.0503. The van der Waals surface area contributed by atoms with Gasteiger partial charge in [-0.25, -0.2) is 22.1 Å². The maximum Gasteiger partial charge on any atom is 0.397 e. The van der Waals surface area contributed by atoms with Gasteiger partial charge in [0.25, 0.3) is 0 Å². The zero-order chi connectivity index (χ0) is 51.1. The Morgan fingerprint density at radius 2 is 0.896 bits per heavy atom. The van der Waals surface area contributed by atoms with Crippen LogP contribution in [0, 0.1) is 0 Å². The van der Waals surface area contributed by atoms with E-state index in [9.17, 15) is 116 Å². The molecule has 4 aliphatic rings. The molecule has 20 unspecified atom stereocenters. The topological polar surface area (TPSA) is 604 Å². The third-order valence-electron chi connectivity index (χ3n) is 9.39. The van der Waals surface area contributed by atoms with Crippen molar-refractivity contribution in [2.75, 3.05) is 13.2 Å². The fourth-order valence-corrected chi connectivity index (χ4v) is 9.18. The highest BCUT2D eigenvalue weighted by atomic mass is 32.3. The van der Waals surface area contributed by atoms with E-state index in [-0.39, 0.29) is 0 Å². The molecule has 4 aliphatic heterocycles. The maximum absolute atomic E-state index is 12.6. The van der Waals surface area contributed by atoms with Crippen molar-refractivity contribution >= 4 is 63.7 Å². The lowest BCUT2D eigenvalue weighted by molar-refractivity contribution is -0.367. The van der Waals surface area contributed by atoms with E-state index in [1.165, 1.54) is 9.44 Å². The lowest BCUT2D eigenvalue weighted by Gasteiger charge is -2.49. The molecule has 0 aromatic carbocycles. The fraction of sp³-hybridized carbons (Fsp3) is 0.917. The standard InChI is InChI=1S/C24H40N2O36S5/c27-1-3-7(28)8(29)5(25-63(38,39)40)22(54-3)59-14-11(32)16(62-67(50,51)52)24(60-18(14)20(35)36)57-12-4(2-53-65(44,45)46)55-23(6(9(12)30)26-64(41,42)43)58-13-10(31)15(61-66(47,48)49)21(37)56-17(13)19(33)34/h3-18,21-32,37H,1-2H2,(H,33,34)(H,35,36)(H,38,39,40)(H,41,42,43)(H,44,45,46)(H,47,48,49)(H,50,51,52). The number of carbonyl (C=O) groups is 2. The number of carboxylic acid groups (broad SMARTS) is 2. The molecule has 16 N–H and O–H groups in total.